The number of unbranched alkanes of at least 4 members (excludes halogenated alkanes) is 1. The van der Waals surface area contributed by atoms with Crippen LogP contribution in [0.15, 0.2) is 48.5 Å². The minimum Gasteiger partial charge on any atom is -0.493 e. The Morgan fingerprint density at radius 2 is 1.97 bits per heavy atom. The Morgan fingerprint density at radius 1 is 1.18 bits per heavy atom. The van der Waals surface area contributed by atoms with Crippen molar-refractivity contribution in [3.05, 3.63) is 65.4 Å². The molecule has 8 nitrogen and oxygen atoms in total. The maximum Gasteiger partial charge on any atom is 0.251 e. The summed E-state index contributed by atoms with van der Waals surface area (Å²) in [7, 11) is 1.55. The number of hydrogen-bond donors (Lipinski definition) is 2. The number of benzene rings is 2. The summed E-state index contributed by atoms with van der Waals surface area (Å²) in [6.07, 6.45) is 3.12. The van der Waals surface area contributed by atoms with Crippen molar-refractivity contribution in [2.45, 2.75) is 32.6 Å². The Bertz CT molecular complexity index is 1120. The fraction of sp³-hybridized carbons (Fsp3) is 0.320. The molecule has 0 aliphatic carbocycles. The average Bonchev–Trinajstić information content (AvgIpc) is 3.17. The van der Waals surface area contributed by atoms with Crippen LogP contribution in [0.2, 0.25) is 0 Å². The number of nitrogens with two attached hydrogens (primary N) is 1. The van der Waals surface area contributed by atoms with Gasteiger partial charge in [0.1, 0.15) is 17.5 Å². The third kappa shape index (κ3) is 5.83. The second-order valence-corrected chi connectivity index (χ2v) is 7.49. The van der Waals surface area contributed by atoms with Crippen LogP contribution < -0.4 is 20.5 Å². The first-order valence-electron chi connectivity index (χ1n) is 11.0. The zero-order chi connectivity index (χ0) is 23.6. The summed E-state index contributed by atoms with van der Waals surface area (Å²) in [5.41, 5.74) is 8.41. The monoisotopic (exact) mass is 447 g/mol. The first-order chi connectivity index (χ1) is 16.1. The molecule has 0 bridgehead atoms. The van der Waals surface area contributed by atoms with Gasteiger partial charge in [-0.05, 0) is 49.6 Å². The Kier molecular flexibility index (Phi) is 8.30. The number of anilines is 1. The zero-order valence-electron chi connectivity index (χ0n) is 19.0. The Hall–Kier alpha value is -3.99. The second-order valence-electron chi connectivity index (χ2n) is 7.49. The summed E-state index contributed by atoms with van der Waals surface area (Å²) < 4.78 is 12.7. The lowest BCUT2D eigenvalue weighted by Crippen LogP contribution is -2.24. The molecule has 1 heterocycles. The van der Waals surface area contributed by atoms with Gasteiger partial charge in [0, 0.05) is 12.1 Å². The summed E-state index contributed by atoms with van der Waals surface area (Å²) in [5.74, 6) is 1.26. The van der Waals surface area contributed by atoms with E-state index in [1.807, 2.05) is 30.3 Å². The van der Waals surface area contributed by atoms with Gasteiger partial charge in [-0.2, -0.15) is 10.4 Å². The lowest BCUT2D eigenvalue weighted by molar-refractivity contribution is 0.0952. The molecule has 2 aromatic carbocycles. The van der Waals surface area contributed by atoms with Gasteiger partial charge in [0.2, 0.25) is 0 Å². The molecule has 0 fully saturated rings. The maximum atomic E-state index is 12.6. The molecule has 0 spiro atoms. The molecule has 1 aromatic heterocycles. The highest BCUT2D eigenvalue weighted by Crippen LogP contribution is 2.28. The summed E-state index contributed by atoms with van der Waals surface area (Å²) >= 11 is 0. The maximum absolute atomic E-state index is 12.6. The number of hydrogen-bond acceptors (Lipinski definition) is 6. The lowest BCUT2D eigenvalue weighted by Gasteiger charge is -2.12. The van der Waals surface area contributed by atoms with E-state index in [0.717, 1.165) is 18.5 Å². The van der Waals surface area contributed by atoms with Crippen molar-refractivity contribution in [1.29, 1.82) is 5.26 Å². The quantitative estimate of drug-likeness (QED) is 0.431. The summed E-state index contributed by atoms with van der Waals surface area (Å²) in [6, 6.07) is 16.7. The van der Waals surface area contributed by atoms with Crippen LogP contribution in [0.5, 0.6) is 11.5 Å². The van der Waals surface area contributed by atoms with E-state index in [2.05, 4.69) is 23.4 Å². The zero-order valence-corrected chi connectivity index (χ0v) is 19.0. The van der Waals surface area contributed by atoms with Crippen LogP contribution in [0, 0.1) is 11.3 Å². The first kappa shape index (κ1) is 23.7. The number of amides is 1. The molecule has 33 heavy (non-hydrogen) atoms. The van der Waals surface area contributed by atoms with Crippen LogP contribution in [0.1, 0.15) is 47.8 Å². The predicted molar refractivity (Wildman–Crippen MR) is 127 cm³/mol. The third-order valence-corrected chi connectivity index (χ3v) is 5.16. The number of aryl methyl sites for hydroxylation is 1. The first-order valence-corrected chi connectivity index (χ1v) is 11.0. The molecule has 8 heteroatoms. The highest BCUT2D eigenvalue weighted by atomic mass is 16.5. The number of aromatic nitrogens is 2. The number of methoxy groups -OCH3 is 1. The molecule has 172 valence electrons. The van der Waals surface area contributed by atoms with Gasteiger partial charge in [-0.3, -0.25) is 4.79 Å². The highest BCUT2D eigenvalue weighted by Gasteiger charge is 2.16. The van der Waals surface area contributed by atoms with E-state index >= 15 is 0 Å². The molecule has 0 atom stereocenters. The fourth-order valence-electron chi connectivity index (χ4n) is 3.36. The average molecular weight is 448 g/mol. The fourth-order valence-corrected chi connectivity index (χ4v) is 3.36. The van der Waals surface area contributed by atoms with E-state index in [9.17, 15) is 10.1 Å². The van der Waals surface area contributed by atoms with Crippen molar-refractivity contribution >= 4 is 11.7 Å². The van der Waals surface area contributed by atoms with Crippen LogP contribution >= 0.6 is 0 Å². The number of carbonyl (C=O) groups is 1. The molecule has 0 aliphatic heterocycles. The summed E-state index contributed by atoms with van der Waals surface area (Å²) in [4.78, 5) is 12.6. The van der Waals surface area contributed by atoms with E-state index in [-0.39, 0.29) is 5.91 Å². The van der Waals surface area contributed by atoms with Gasteiger partial charge in [0.05, 0.1) is 25.1 Å². The SMILES string of the molecule is CCCCOc1ccc(C(=O)NCCCc2nn(-c3ccccc3)c(N)c2C#N)cc1OC. The number of nitriles is 1. The molecule has 3 N–H and O–H groups in total. The van der Waals surface area contributed by atoms with Crippen LogP contribution in [0.4, 0.5) is 5.82 Å². The lowest BCUT2D eigenvalue weighted by atomic mass is 10.1. The van der Waals surface area contributed by atoms with Gasteiger partial charge in [-0.1, -0.05) is 31.5 Å². The van der Waals surface area contributed by atoms with E-state index in [4.69, 9.17) is 15.2 Å². The van der Waals surface area contributed by atoms with E-state index < -0.39 is 0 Å². The van der Waals surface area contributed by atoms with E-state index in [0.29, 0.717) is 60.1 Å². The van der Waals surface area contributed by atoms with Crippen LogP contribution in [-0.2, 0) is 6.42 Å². The van der Waals surface area contributed by atoms with Gasteiger partial charge in [0.15, 0.2) is 11.5 Å². The Morgan fingerprint density at radius 3 is 2.67 bits per heavy atom. The molecule has 0 saturated heterocycles. The number of ether oxygens (including phenoxy) is 2. The number of rotatable bonds is 11. The second kappa shape index (κ2) is 11.6. The normalized spacial score (nSPS) is 10.5. The number of nitrogen functional groups attached to an aromatic ring is 1. The minimum absolute atomic E-state index is 0.205. The van der Waals surface area contributed by atoms with Crippen molar-refractivity contribution in [2.75, 3.05) is 26.0 Å². The van der Waals surface area contributed by atoms with Crippen LogP contribution in [-0.4, -0.2) is 35.9 Å². The summed E-state index contributed by atoms with van der Waals surface area (Å²) in [6.45, 7) is 3.13. The van der Waals surface area contributed by atoms with E-state index in [1.165, 1.54) is 0 Å². The van der Waals surface area contributed by atoms with Crippen molar-refractivity contribution < 1.29 is 14.3 Å². The molecule has 1 amide bonds. The van der Waals surface area contributed by atoms with Gasteiger partial charge < -0.3 is 20.5 Å². The van der Waals surface area contributed by atoms with Gasteiger partial charge in [-0.25, -0.2) is 4.68 Å². The smallest absolute Gasteiger partial charge is 0.251 e. The van der Waals surface area contributed by atoms with Gasteiger partial charge >= 0.3 is 0 Å². The molecule has 3 aromatic rings. The predicted octanol–water partition coefficient (Wildman–Crippen LogP) is 3.88. The largest absolute Gasteiger partial charge is 0.493 e. The van der Waals surface area contributed by atoms with Gasteiger partial charge in [-0.15, -0.1) is 0 Å². The molecule has 0 unspecified atom stereocenters. The van der Waals surface area contributed by atoms with Crippen molar-refractivity contribution in [1.82, 2.24) is 15.1 Å². The topological polar surface area (TPSA) is 115 Å². The Balaban J connectivity index is 1.58. The molecular formula is C25H29N5O3. The van der Waals surface area contributed by atoms with Crippen molar-refractivity contribution in [3.63, 3.8) is 0 Å². The standard InChI is InChI=1S/C25H29N5O3/c1-3-4-15-33-22-13-12-18(16-23(22)32-2)25(31)28-14-8-11-21-20(17-26)24(27)30(29-21)19-9-6-5-7-10-19/h5-7,9-10,12-13,16H,3-4,8,11,14-15,27H2,1-2H3,(H,28,31). The molecule has 0 saturated carbocycles. The number of para-hydroxylation sites is 1. The number of carbonyl (C=O) groups excluding carboxylic acids is 1. The molecule has 0 aliphatic rings. The highest BCUT2D eigenvalue weighted by molar-refractivity contribution is 5.94. The van der Waals surface area contributed by atoms with Crippen molar-refractivity contribution in [3.8, 4) is 23.3 Å². The van der Waals surface area contributed by atoms with Crippen LogP contribution in [0.3, 0.4) is 0 Å². The molecule has 3 rings (SSSR count). The van der Waals surface area contributed by atoms with Crippen LogP contribution in [0.25, 0.3) is 5.69 Å². The van der Waals surface area contributed by atoms with E-state index in [1.54, 1.807) is 30.0 Å². The number of nitrogens with one attached hydrogen (secondary N) is 1. The molecule has 0 radical (unpaired) electrons. The third-order valence-electron chi connectivity index (χ3n) is 5.16. The summed E-state index contributed by atoms with van der Waals surface area (Å²) in [5, 5.41) is 16.9. The number of nitrogens with zero attached hydrogens (tertiary/aromatic N) is 3. The van der Waals surface area contributed by atoms with Crippen molar-refractivity contribution in [2.24, 2.45) is 0 Å². The minimum atomic E-state index is -0.205. The Labute approximate surface area is 193 Å². The molecular weight excluding hydrogens is 418 g/mol. The van der Waals surface area contributed by atoms with Gasteiger partial charge in [0.25, 0.3) is 5.91 Å².